The number of rotatable bonds is 11. The van der Waals surface area contributed by atoms with Crippen molar-refractivity contribution in [3.05, 3.63) is 65.0 Å². The van der Waals surface area contributed by atoms with Crippen LogP contribution in [0.4, 0.5) is 8.78 Å². The number of piperidine rings is 1. The van der Waals surface area contributed by atoms with Gasteiger partial charge in [-0.05, 0) is 101 Å². The zero-order chi connectivity index (χ0) is 34.3. The van der Waals surface area contributed by atoms with E-state index in [1.54, 1.807) is 6.92 Å². The molecule has 0 spiro atoms. The molecular weight excluding hydrogens is 643 g/mol. The molecule has 3 aliphatic heterocycles. The van der Waals surface area contributed by atoms with Crippen molar-refractivity contribution in [2.75, 3.05) is 33.4 Å². The molecule has 0 radical (unpaired) electrons. The van der Waals surface area contributed by atoms with Crippen molar-refractivity contribution in [1.29, 1.82) is 0 Å². The molecule has 3 aliphatic rings. The van der Waals surface area contributed by atoms with Crippen molar-refractivity contribution < 1.29 is 23.0 Å². The number of halogens is 2. The lowest BCUT2D eigenvalue weighted by Gasteiger charge is -2.34. The van der Waals surface area contributed by atoms with E-state index in [9.17, 15) is 8.78 Å². The smallest absolute Gasteiger partial charge is 0.163 e. The predicted molar refractivity (Wildman–Crippen MR) is 189 cm³/mol. The van der Waals surface area contributed by atoms with Crippen LogP contribution in [0, 0.1) is 11.6 Å². The Bertz CT molecular complexity index is 1750. The average Bonchev–Trinajstić information content (AvgIpc) is 3.74. The predicted octanol–water partition coefficient (Wildman–Crippen LogP) is 7.74. The minimum absolute atomic E-state index is 0.172. The first-order valence-electron chi connectivity index (χ1n) is 17.9. The third-order valence-corrected chi connectivity index (χ3v) is 12.0. The molecule has 7 rings (SSSR count). The third kappa shape index (κ3) is 7.63. The molecule has 2 unspecified atom stereocenters. The van der Waals surface area contributed by atoms with Crippen LogP contribution in [0.3, 0.4) is 0 Å². The molecule has 2 atom stereocenters. The van der Waals surface area contributed by atoms with Gasteiger partial charge in [0, 0.05) is 51.9 Å². The van der Waals surface area contributed by atoms with Gasteiger partial charge in [-0.2, -0.15) is 5.10 Å². The zero-order valence-electron chi connectivity index (χ0n) is 29.6. The first kappa shape index (κ1) is 34.3. The molecule has 0 bridgehead atoms. The van der Waals surface area contributed by atoms with Crippen molar-refractivity contribution >= 4 is 19.0 Å². The molecule has 264 valence electrons. The van der Waals surface area contributed by atoms with Gasteiger partial charge in [0.25, 0.3) is 0 Å². The number of likely N-dealkylation sites (tertiary alicyclic amines) is 1. The van der Waals surface area contributed by atoms with Crippen LogP contribution in [-0.4, -0.2) is 76.6 Å². The maximum atomic E-state index is 14.0. The summed E-state index contributed by atoms with van der Waals surface area (Å²) in [6.45, 7) is 14.6. The fourth-order valence-electron chi connectivity index (χ4n) is 7.33. The van der Waals surface area contributed by atoms with Gasteiger partial charge in [0.15, 0.2) is 12.1 Å². The first-order chi connectivity index (χ1) is 23.5. The number of imidazole rings is 1. The summed E-state index contributed by atoms with van der Waals surface area (Å²) in [7, 11) is 0.936. The van der Waals surface area contributed by atoms with E-state index in [-0.39, 0.29) is 6.23 Å². The standard InChI is InChI=1S/C37H50F2N6O3Si/c1-25(26-18-27(38)20-28(39)19-26)48-30-9-10-33-31(21-30)36(41-45(33)35-8-6-7-15-47-35)37-40-32-22-43(29-11-13-42(2)14-12-29)23-34(32)44(37)24-46-16-17-49(3,4)5/h9-10,18-21,25,29,35H,6-8,11-17,22-24H2,1-5H3. The average molecular weight is 693 g/mol. The molecule has 2 fully saturated rings. The molecule has 0 aliphatic carbocycles. The van der Waals surface area contributed by atoms with Gasteiger partial charge in [-0.25, -0.2) is 18.4 Å². The van der Waals surface area contributed by atoms with E-state index in [2.05, 4.69) is 41.1 Å². The lowest BCUT2D eigenvalue weighted by molar-refractivity contribution is -0.0365. The van der Waals surface area contributed by atoms with Gasteiger partial charge in [0.1, 0.15) is 35.9 Å². The van der Waals surface area contributed by atoms with Gasteiger partial charge in [0.05, 0.1) is 16.9 Å². The largest absolute Gasteiger partial charge is 0.486 e. The quantitative estimate of drug-likeness (QED) is 0.118. The van der Waals surface area contributed by atoms with E-state index in [1.807, 2.05) is 22.9 Å². The molecule has 0 amide bonds. The first-order valence-corrected chi connectivity index (χ1v) is 21.6. The fraction of sp³-hybridized carbons (Fsp3) is 0.568. The SMILES string of the molecule is CC(Oc1ccc2c(c1)c(-c1nc3c(n1COCC[Si](C)(C)C)CN(C1CCN(C)CC1)C3)nn2C1CCCCO1)c1cc(F)cc(F)c1. The van der Waals surface area contributed by atoms with Crippen LogP contribution < -0.4 is 4.74 Å². The Labute approximate surface area is 289 Å². The van der Waals surface area contributed by atoms with Crippen molar-refractivity contribution in [1.82, 2.24) is 29.1 Å². The molecule has 2 saturated heterocycles. The topological polar surface area (TPSA) is 69.8 Å². The Hall–Kier alpha value is -3.16. The highest BCUT2D eigenvalue weighted by atomic mass is 28.3. The molecule has 12 heteroatoms. The Morgan fingerprint density at radius 3 is 2.49 bits per heavy atom. The number of nitrogens with zero attached hydrogens (tertiary/aromatic N) is 6. The molecule has 5 heterocycles. The second-order valence-electron chi connectivity index (χ2n) is 15.3. The number of aromatic nitrogens is 4. The lowest BCUT2D eigenvalue weighted by atomic mass is 10.0. The normalized spacial score (nSPS) is 20.3. The summed E-state index contributed by atoms with van der Waals surface area (Å²) in [5.74, 6) is 0.120. The van der Waals surface area contributed by atoms with Crippen LogP contribution >= 0.6 is 0 Å². The van der Waals surface area contributed by atoms with Crippen LogP contribution in [0.1, 0.15) is 68.3 Å². The van der Waals surface area contributed by atoms with Crippen LogP contribution in [0.25, 0.3) is 22.4 Å². The van der Waals surface area contributed by atoms with Gasteiger partial charge < -0.3 is 23.7 Å². The van der Waals surface area contributed by atoms with E-state index < -0.39 is 25.8 Å². The molecular formula is C37H50F2N6O3Si. The van der Waals surface area contributed by atoms with E-state index in [0.717, 1.165) is 85.7 Å². The third-order valence-electron chi connectivity index (χ3n) is 10.3. The lowest BCUT2D eigenvalue weighted by Crippen LogP contribution is -2.41. The van der Waals surface area contributed by atoms with Crippen molar-refractivity contribution in [3.63, 3.8) is 0 Å². The van der Waals surface area contributed by atoms with Crippen LogP contribution in [0.2, 0.25) is 25.7 Å². The van der Waals surface area contributed by atoms with E-state index in [1.165, 1.54) is 30.7 Å². The highest BCUT2D eigenvalue weighted by Gasteiger charge is 2.34. The van der Waals surface area contributed by atoms with Crippen molar-refractivity contribution in [2.45, 2.75) is 103 Å². The minimum Gasteiger partial charge on any atom is -0.486 e. The Kier molecular flexibility index (Phi) is 9.95. The van der Waals surface area contributed by atoms with Crippen molar-refractivity contribution in [3.8, 4) is 17.3 Å². The second kappa shape index (κ2) is 14.2. The van der Waals surface area contributed by atoms with Gasteiger partial charge in [-0.3, -0.25) is 4.90 Å². The second-order valence-corrected chi connectivity index (χ2v) is 20.9. The molecule has 0 saturated carbocycles. The molecule has 0 N–H and O–H groups in total. The summed E-state index contributed by atoms with van der Waals surface area (Å²) >= 11 is 0. The highest BCUT2D eigenvalue weighted by Crippen LogP contribution is 2.38. The highest BCUT2D eigenvalue weighted by molar-refractivity contribution is 6.76. The fourth-order valence-corrected chi connectivity index (χ4v) is 8.09. The summed E-state index contributed by atoms with van der Waals surface area (Å²) in [6, 6.07) is 11.0. The summed E-state index contributed by atoms with van der Waals surface area (Å²) in [4.78, 5) is 10.3. The Balaban J connectivity index is 1.26. The van der Waals surface area contributed by atoms with Gasteiger partial charge in [-0.15, -0.1) is 0 Å². The molecule has 4 aromatic rings. The Morgan fingerprint density at radius 2 is 1.78 bits per heavy atom. The molecule has 2 aromatic heterocycles. The van der Waals surface area contributed by atoms with E-state index in [4.69, 9.17) is 24.3 Å². The summed E-state index contributed by atoms with van der Waals surface area (Å²) in [5, 5.41) is 6.12. The van der Waals surface area contributed by atoms with Crippen LogP contribution in [0.15, 0.2) is 36.4 Å². The van der Waals surface area contributed by atoms with Crippen LogP contribution in [0.5, 0.6) is 5.75 Å². The molecule has 2 aromatic carbocycles. The minimum atomic E-state index is -1.27. The van der Waals surface area contributed by atoms with Gasteiger partial charge >= 0.3 is 0 Å². The maximum absolute atomic E-state index is 14.0. The van der Waals surface area contributed by atoms with Gasteiger partial charge in [0.2, 0.25) is 0 Å². The zero-order valence-corrected chi connectivity index (χ0v) is 30.6. The number of benzene rings is 2. The van der Waals surface area contributed by atoms with Crippen molar-refractivity contribution in [2.24, 2.45) is 0 Å². The number of ether oxygens (including phenoxy) is 3. The molecule has 49 heavy (non-hydrogen) atoms. The summed E-state index contributed by atoms with van der Waals surface area (Å²) < 4.78 is 51.2. The van der Waals surface area contributed by atoms with Gasteiger partial charge in [-0.1, -0.05) is 19.6 Å². The number of fused-ring (bicyclic) bond motifs is 2. The van der Waals surface area contributed by atoms with E-state index in [0.29, 0.717) is 37.3 Å². The summed E-state index contributed by atoms with van der Waals surface area (Å²) in [5.41, 5.74) is 4.41. The number of hydrogen-bond donors (Lipinski definition) is 0. The Morgan fingerprint density at radius 1 is 1.00 bits per heavy atom. The number of hydrogen-bond acceptors (Lipinski definition) is 7. The molecule has 9 nitrogen and oxygen atoms in total. The monoisotopic (exact) mass is 692 g/mol. The maximum Gasteiger partial charge on any atom is 0.163 e. The van der Waals surface area contributed by atoms with Crippen LogP contribution in [-0.2, 0) is 29.3 Å². The van der Waals surface area contributed by atoms with E-state index >= 15 is 0 Å². The summed E-state index contributed by atoms with van der Waals surface area (Å²) in [6.07, 6.45) is 4.59.